The average Bonchev–Trinajstić information content (AvgIpc) is 2.52. The van der Waals surface area contributed by atoms with E-state index in [2.05, 4.69) is 0 Å². The minimum Gasteiger partial charge on any atom is -0.529 e. The molecule has 1 heterocycles. The van der Waals surface area contributed by atoms with Gasteiger partial charge >= 0.3 is 18.9 Å². The smallest absolute Gasteiger partial charge is 0.529 e. The molecule has 4 nitrogen and oxygen atoms in total. The number of hydrogen-bond acceptors (Lipinski definition) is 3. The maximum atomic E-state index is 10.9. The van der Waals surface area contributed by atoms with Crippen LogP contribution >= 0.6 is 0 Å². The van der Waals surface area contributed by atoms with Crippen molar-refractivity contribution in [3.63, 3.8) is 0 Å². The van der Waals surface area contributed by atoms with Gasteiger partial charge < -0.3 is 9.90 Å². The van der Waals surface area contributed by atoms with E-state index in [1.807, 2.05) is 0 Å². The summed E-state index contributed by atoms with van der Waals surface area (Å²) in [6, 6.07) is 6.93. The van der Waals surface area contributed by atoms with Crippen LogP contribution in [0.3, 0.4) is 0 Å². The summed E-state index contributed by atoms with van der Waals surface area (Å²) < 4.78 is 0.900. The quantitative estimate of drug-likeness (QED) is 0.401. The Morgan fingerprint density at radius 2 is 2.00 bits per heavy atom. The second-order valence-electron chi connectivity index (χ2n) is 3.25. The van der Waals surface area contributed by atoms with Crippen molar-refractivity contribution < 1.29 is 33.6 Å². The molecule has 0 aliphatic rings. The Morgan fingerprint density at radius 3 is 2.56 bits per heavy atom. The number of aryl methyl sites for hydroxylation is 1. The molecule has 0 aliphatic carbocycles. The second kappa shape index (κ2) is 4.56. The standard InChI is InChI=1S/C11H9NO3.Li/c1-7-8-4-2-3-5-9(8)12(11(14)15)10(7)6-13;/h2-6H,1H3,(H,14,15);/q;+1/p-1. The second-order valence-corrected chi connectivity index (χ2v) is 3.25. The monoisotopic (exact) mass is 209 g/mol. The predicted octanol–water partition coefficient (Wildman–Crippen LogP) is -2.04. The first kappa shape index (κ1) is 12.6. The molecular weight excluding hydrogens is 201 g/mol. The summed E-state index contributed by atoms with van der Waals surface area (Å²) in [4.78, 5) is 21.7. The van der Waals surface area contributed by atoms with E-state index in [1.54, 1.807) is 31.2 Å². The molecule has 1 aromatic heterocycles. The Balaban J connectivity index is 0.00000128. The van der Waals surface area contributed by atoms with Crippen LogP contribution in [0.4, 0.5) is 4.79 Å². The van der Waals surface area contributed by atoms with Crippen LogP contribution in [0.2, 0.25) is 0 Å². The SMILES string of the molecule is Cc1c(C=O)n(C(=O)[O-])c2ccccc12.[Li+]. The molecular formula is C11H8LiNO3. The van der Waals surface area contributed by atoms with Gasteiger partial charge in [0.15, 0.2) is 6.29 Å². The van der Waals surface area contributed by atoms with Gasteiger partial charge in [-0.2, -0.15) is 0 Å². The third kappa shape index (κ3) is 1.67. The van der Waals surface area contributed by atoms with E-state index in [1.165, 1.54) is 0 Å². The zero-order valence-corrected chi connectivity index (χ0v) is 9.06. The molecule has 76 valence electrons. The number of para-hydroxylation sites is 1. The van der Waals surface area contributed by atoms with Gasteiger partial charge in [0.1, 0.15) is 6.09 Å². The van der Waals surface area contributed by atoms with Crippen molar-refractivity contribution in [2.24, 2.45) is 0 Å². The topological polar surface area (TPSA) is 62.1 Å². The number of benzene rings is 1. The summed E-state index contributed by atoms with van der Waals surface area (Å²) >= 11 is 0. The zero-order chi connectivity index (χ0) is 11.0. The first-order valence-electron chi connectivity index (χ1n) is 4.43. The van der Waals surface area contributed by atoms with E-state index in [4.69, 9.17) is 0 Å². The van der Waals surface area contributed by atoms with Crippen LogP contribution in [0.25, 0.3) is 10.9 Å². The number of carboxylic acid groups (broad SMARTS) is 1. The van der Waals surface area contributed by atoms with E-state index in [0.717, 1.165) is 9.95 Å². The molecule has 0 amide bonds. The number of rotatable bonds is 1. The van der Waals surface area contributed by atoms with Crippen LogP contribution in [-0.4, -0.2) is 16.9 Å². The molecule has 0 fully saturated rings. The number of carbonyl (C=O) groups is 2. The minimum atomic E-state index is -1.39. The van der Waals surface area contributed by atoms with E-state index in [9.17, 15) is 14.7 Å². The largest absolute Gasteiger partial charge is 1.00 e. The van der Waals surface area contributed by atoms with Gasteiger partial charge in [0.2, 0.25) is 0 Å². The van der Waals surface area contributed by atoms with E-state index >= 15 is 0 Å². The van der Waals surface area contributed by atoms with Crippen LogP contribution in [0.1, 0.15) is 16.1 Å². The summed E-state index contributed by atoms with van der Waals surface area (Å²) in [6.07, 6.45) is -0.855. The molecule has 2 rings (SSSR count). The fourth-order valence-electron chi connectivity index (χ4n) is 1.76. The van der Waals surface area contributed by atoms with Gasteiger partial charge in [-0.25, -0.2) is 0 Å². The number of aldehydes is 1. The molecule has 0 unspecified atom stereocenters. The maximum Gasteiger partial charge on any atom is 1.00 e. The molecule has 5 heteroatoms. The number of hydrogen-bond donors (Lipinski definition) is 0. The fraction of sp³-hybridized carbons (Fsp3) is 0.0909. The van der Waals surface area contributed by atoms with Crippen molar-refractivity contribution in [3.05, 3.63) is 35.5 Å². The molecule has 2 aromatic rings. The van der Waals surface area contributed by atoms with E-state index in [-0.39, 0.29) is 24.6 Å². The van der Waals surface area contributed by atoms with Crippen molar-refractivity contribution in [1.82, 2.24) is 4.57 Å². The van der Waals surface area contributed by atoms with Gasteiger partial charge in [0.25, 0.3) is 0 Å². The van der Waals surface area contributed by atoms with Crippen molar-refractivity contribution in [2.45, 2.75) is 6.92 Å². The maximum absolute atomic E-state index is 10.9. The number of aromatic nitrogens is 1. The van der Waals surface area contributed by atoms with Crippen LogP contribution in [-0.2, 0) is 0 Å². The summed E-state index contributed by atoms with van der Waals surface area (Å²) in [5.41, 5.74) is 1.28. The summed E-state index contributed by atoms with van der Waals surface area (Å²) in [5, 5.41) is 11.7. The van der Waals surface area contributed by atoms with Gasteiger partial charge in [0, 0.05) is 5.39 Å². The van der Waals surface area contributed by atoms with Crippen LogP contribution in [0.15, 0.2) is 24.3 Å². The Bertz CT molecular complexity index is 560. The first-order chi connectivity index (χ1) is 7.16. The molecule has 0 N–H and O–H groups in total. The van der Waals surface area contributed by atoms with E-state index in [0.29, 0.717) is 17.4 Å². The Morgan fingerprint density at radius 1 is 1.38 bits per heavy atom. The zero-order valence-electron chi connectivity index (χ0n) is 9.06. The molecule has 0 atom stereocenters. The molecule has 0 saturated heterocycles. The summed E-state index contributed by atoms with van der Waals surface area (Å²) in [5.74, 6) is 0. The Kier molecular flexibility index (Phi) is 3.58. The number of carbonyl (C=O) groups excluding carboxylic acids is 2. The van der Waals surface area contributed by atoms with Crippen molar-refractivity contribution in [1.29, 1.82) is 0 Å². The Hall–Kier alpha value is -1.50. The van der Waals surface area contributed by atoms with Crippen molar-refractivity contribution >= 4 is 23.3 Å². The number of fused-ring (bicyclic) bond motifs is 1. The van der Waals surface area contributed by atoms with Crippen LogP contribution in [0.5, 0.6) is 0 Å². The predicted molar refractivity (Wildman–Crippen MR) is 52.9 cm³/mol. The molecule has 0 spiro atoms. The third-order valence-corrected chi connectivity index (χ3v) is 2.47. The molecule has 1 aromatic carbocycles. The molecule has 0 radical (unpaired) electrons. The normalized spacial score (nSPS) is 9.81. The first-order valence-corrected chi connectivity index (χ1v) is 4.43. The fourth-order valence-corrected chi connectivity index (χ4v) is 1.76. The molecule has 0 saturated carbocycles. The number of nitrogens with zero attached hydrogens (tertiary/aromatic N) is 1. The van der Waals surface area contributed by atoms with Gasteiger partial charge in [-0.05, 0) is 18.6 Å². The Labute approximate surface area is 104 Å². The van der Waals surface area contributed by atoms with Gasteiger partial charge in [0.05, 0.1) is 11.2 Å². The average molecular weight is 209 g/mol. The van der Waals surface area contributed by atoms with E-state index < -0.39 is 6.09 Å². The van der Waals surface area contributed by atoms with Gasteiger partial charge in [-0.15, -0.1) is 0 Å². The van der Waals surface area contributed by atoms with Gasteiger partial charge in [-0.3, -0.25) is 9.36 Å². The van der Waals surface area contributed by atoms with Crippen molar-refractivity contribution in [3.8, 4) is 0 Å². The van der Waals surface area contributed by atoms with Gasteiger partial charge in [-0.1, -0.05) is 18.2 Å². The summed E-state index contributed by atoms with van der Waals surface area (Å²) in [6.45, 7) is 1.71. The van der Waals surface area contributed by atoms with Crippen molar-refractivity contribution in [2.75, 3.05) is 0 Å². The molecule has 0 bridgehead atoms. The molecule has 16 heavy (non-hydrogen) atoms. The van der Waals surface area contributed by atoms with Crippen LogP contribution in [0, 0.1) is 6.92 Å². The molecule has 0 aliphatic heterocycles. The minimum absolute atomic E-state index is 0. The third-order valence-electron chi connectivity index (χ3n) is 2.47. The van der Waals surface area contributed by atoms with Crippen LogP contribution < -0.4 is 24.0 Å². The summed E-state index contributed by atoms with van der Waals surface area (Å²) in [7, 11) is 0.